The lowest BCUT2D eigenvalue weighted by atomic mass is 10.0. The Balaban J connectivity index is 2.37. The molecule has 1 amide bonds. The first-order chi connectivity index (χ1) is 7.91. The highest BCUT2D eigenvalue weighted by Gasteiger charge is 2.31. The highest BCUT2D eigenvalue weighted by molar-refractivity contribution is 7.84. The summed E-state index contributed by atoms with van der Waals surface area (Å²) in [5.41, 5.74) is 0. The summed E-state index contributed by atoms with van der Waals surface area (Å²) in [7, 11) is -0.798. The molecule has 17 heavy (non-hydrogen) atoms. The fourth-order valence-corrected chi connectivity index (χ4v) is 2.39. The number of nitrogens with zero attached hydrogens (tertiary/aromatic N) is 1. The van der Waals surface area contributed by atoms with Crippen molar-refractivity contribution in [2.45, 2.75) is 44.9 Å². The number of amides is 1. The van der Waals surface area contributed by atoms with Gasteiger partial charge in [0.1, 0.15) is 0 Å². The zero-order valence-corrected chi connectivity index (χ0v) is 12.0. The van der Waals surface area contributed by atoms with E-state index in [9.17, 15) is 9.00 Å². The van der Waals surface area contributed by atoms with E-state index in [1.54, 1.807) is 6.26 Å². The molecule has 5 heteroatoms. The zero-order chi connectivity index (χ0) is 13.0. The van der Waals surface area contributed by atoms with Gasteiger partial charge in [-0.15, -0.1) is 0 Å². The van der Waals surface area contributed by atoms with Gasteiger partial charge in [0.05, 0.1) is 12.7 Å². The summed E-state index contributed by atoms with van der Waals surface area (Å²) in [5.74, 6) is 0.728. The van der Waals surface area contributed by atoms with Crippen LogP contribution in [0.1, 0.15) is 33.6 Å². The summed E-state index contributed by atoms with van der Waals surface area (Å²) in [4.78, 5) is 13.9. The van der Waals surface area contributed by atoms with Crippen molar-refractivity contribution in [3.05, 3.63) is 0 Å². The molecular weight excluding hydrogens is 236 g/mol. The average molecular weight is 260 g/mol. The first-order valence-corrected chi connectivity index (χ1v) is 7.88. The lowest BCUT2D eigenvalue weighted by molar-refractivity contribution is -0.129. The standard InChI is InChI=1S/C12H24N2O2S/c1-9(2)7-11-12(15)14(8-13-11)6-5-10(3)17(4)16/h9-11,13H,5-8H2,1-4H3. The topological polar surface area (TPSA) is 49.4 Å². The first kappa shape index (κ1) is 14.6. The zero-order valence-electron chi connectivity index (χ0n) is 11.2. The minimum atomic E-state index is -0.798. The normalized spacial score (nSPS) is 24.4. The van der Waals surface area contributed by atoms with Crippen LogP contribution in [0.25, 0.3) is 0 Å². The number of carbonyl (C=O) groups excluding carboxylic acids is 1. The van der Waals surface area contributed by atoms with Gasteiger partial charge in [-0.3, -0.25) is 14.3 Å². The van der Waals surface area contributed by atoms with Gasteiger partial charge in [-0.2, -0.15) is 0 Å². The second-order valence-electron chi connectivity index (χ2n) is 5.24. The molecule has 0 aromatic carbocycles. The number of hydrogen-bond acceptors (Lipinski definition) is 3. The third-order valence-corrected chi connectivity index (χ3v) is 4.59. The van der Waals surface area contributed by atoms with Crippen molar-refractivity contribution in [3.8, 4) is 0 Å². The first-order valence-electron chi connectivity index (χ1n) is 6.26. The van der Waals surface area contributed by atoms with Gasteiger partial charge < -0.3 is 4.90 Å². The van der Waals surface area contributed by atoms with Gasteiger partial charge in [0.2, 0.25) is 5.91 Å². The molecule has 1 heterocycles. The summed E-state index contributed by atoms with van der Waals surface area (Å²) >= 11 is 0. The van der Waals surface area contributed by atoms with Crippen molar-refractivity contribution in [2.24, 2.45) is 5.92 Å². The maximum absolute atomic E-state index is 12.0. The highest BCUT2D eigenvalue weighted by atomic mass is 32.2. The monoisotopic (exact) mass is 260 g/mol. The van der Waals surface area contributed by atoms with Crippen molar-refractivity contribution >= 4 is 16.7 Å². The largest absolute Gasteiger partial charge is 0.329 e. The Kier molecular flexibility index (Phi) is 5.59. The van der Waals surface area contributed by atoms with Gasteiger partial charge in [0.25, 0.3) is 0 Å². The number of rotatable bonds is 6. The smallest absolute Gasteiger partial charge is 0.240 e. The summed E-state index contributed by atoms with van der Waals surface area (Å²) in [6, 6.07) is -0.0163. The number of carbonyl (C=O) groups is 1. The van der Waals surface area contributed by atoms with E-state index in [4.69, 9.17) is 0 Å². The number of nitrogens with one attached hydrogen (secondary N) is 1. The van der Waals surface area contributed by atoms with Gasteiger partial charge in [0.15, 0.2) is 0 Å². The average Bonchev–Trinajstić information content (AvgIpc) is 2.56. The Labute approximate surface area is 107 Å². The molecule has 0 saturated carbocycles. The van der Waals surface area contributed by atoms with E-state index in [0.717, 1.165) is 12.8 Å². The van der Waals surface area contributed by atoms with E-state index in [1.807, 2.05) is 11.8 Å². The summed E-state index contributed by atoms with van der Waals surface area (Å²) in [5, 5.41) is 3.40. The molecule has 1 aliphatic heterocycles. The third-order valence-electron chi connectivity index (χ3n) is 3.22. The van der Waals surface area contributed by atoms with Crippen LogP contribution in [0.3, 0.4) is 0 Å². The molecule has 0 bridgehead atoms. The SMILES string of the molecule is CC(C)CC1NCN(CCC(C)S(C)=O)C1=O. The van der Waals surface area contributed by atoms with Gasteiger partial charge in [-0.25, -0.2) is 0 Å². The summed E-state index contributed by atoms with van der Waals surface area (Å²) in [6.07, 6.45) is 3.42. The van der Waals surface area contributed by atoms with Crippen LogP contribution in [0.2, 0.25) is 0 Å². The number of hydrogen-bond donors (Lipinski definition) is 1. The second kappa shape index (κ2) is 6.50. The van der Waals surface area contributed by atoms with Gasteiger partial charge in [-0.05, 0) is 18.8 Å². The van der Waals surface area contributed by atoms with Crippen LogP contribution < -0.4 is 5.32 Å². The Morgan fingerprint density at radius 1 is 1.47 bits per heavy atom. The Morgan fingerprint density at radius 3 is 2.65 bits per heavy atom. The maximum Gasteiger partial charge on any atom is 0.240 e. The van der Waals surface area contributed by atoms with E-state index in [1.165, 1.54) is 0 Å². The van der Waals surface area contributed by atoms with Gasteiger partial charge >= 0.3 is 0 Å². The molecule has 1 aliphatic rings. The summed E-state index contributed by atoms with van der Waals surface area (Å²) < 4.78 is 11.2. The van der Waals surface area contributed by atoms with E-state index in [2.05, 4.69) is 19.2 Å². The predicted octanol–water partition coefficient (Wildman–Crippen LogP) is 0.948. The van der Waals surface area contributed by atoms with Crippen molar-refractivity contribution < 1.29 is 9.00 Å². The van der Waals surface area contributed by atoms with Crippen molar-refractivity contribution in [3.63, 3.8) is 0 Å². The van der Waals surface area contributed by atoms with Crippen LogP contribution in [-0.4, -0.2) is 45.8 Å². The molecule has 1 rings (SSSR count). The van der Waals surface area contributed by atoms with Crippen LogP contribution in [0, 0.1) is 5.92 Å². The minimum Gasteiger partial charge on any atom is -0.329 e. The molecule has 0 aliphatic carbocycles. The molecule has 1 N–H and O–H groups in total. The van der Waals surface area contributed by atoms with Crippen molar-refractivity contribution in [2.75, 3.05) is 19.5 Å². The minimum absolute atomic E-state index is 0.0163. The quantitative estimate of drug-likeness (QED) is 0.773. The lowest BCUT2D eigenvalue weighted by Crippen LogP contribution is -2.33. The highest BCUT2D eigenvalue weighted by Crippen LogP contribution is 2.13. The second-order valence-corrected chi connectivity index (χ2v) is 7.05. The van der Waals surface area contributed by atoms with Crippen molar-refractivity contribution in [1.29, 1.82) is 0 Å². The molecule has 0 spiro atoms. The lowest BCUT2D eigenvalue weighted by Gasteiger charge is -2.17. The Bertz CT molecular complexity index is 294. The van der Waals surface area contributed by atoms with Crippen molar-refractivity contribution in [1.82, 2.24) is 10.2 Å². The fourth-order valence-electron chi connectivity index (χ4n) is 1.95. The molecule has 0 radical (unpaired) electrons. The maximum atomic E-state index is 12.0. The van der Waals surface area contributed by atoms with Crippen LogP contribution in [0.4, 0.5) is 0 Å². The molecule has 3 unspecified atom stereocenters. The van der Waals surface area contributed by atoms with E-state index in [0.29, 0.717) is 19.1 Å². The molecular formula is C12H24N2O2S. The Morgan fingerprint density at radius 2 is 2.12 bits per heavy atom. The molecule has 1 saturated heterocycles. The van der Waals surface area contributed by atoms with E-state index in [-0.39, 0.29) is 17.2 Å². The third kappa shape index (κ3) is 4.39. The molecule has 0 aromatic heterocycles. The van der Waals surface area contributed by atoms with E-state index >= 15 is 0 Å². The fraction of sp³-hybridized carbons (Fsp3) is 0.917. The summed E-state index contributed by atoms with van der Waals surface area (Å²) in [6.45, 7) is 7.57. The van der Waals surface area contributed by atoms with Crippen LogP contribution in [0.5, 0.6) is 0 Å². The molecule has 100 valence electrons. The van der Waals surface area contributed by atoms with Gasteiger partial charge in [-0.1, -0.05) is 20.8 Å². The molecule has 0 aromatic rings. The molecule has 1 fully saturated rings. The molecule has 3 atom stereocenters. The van der Waals surface area contributed by atoms with Crippen LogP contribution in [-0.2, 0) is 15.6 Å². The van der Waals surface area contributed by atoms with Crippen LogP contribution >= 0.6 is 0 Å². The van der Waals surface area contributed by atoms with Gasteiger partial charge in [0, 0.05) is 28.9 Å². The van der Waals surface area contributed by atoms with Crippen LogP contribution in [0.15, 0.2) is 0 Å². The Hall–Kier alpha value is -0.420. The molecule has 4 nitrogen and oxygen atoms in total. The predicted molar refractivity (Wildman–Crippen MR) is 71.1 cm³/mol. The van der Waals surface area contributed by atoms with E-state index < -0.39 is 10.8 Å².